The number of carbonyl (C=O) groups is 3. The second-order valence-electron chi connectivity index (χ2n) is 7.22. The summed E-state index contributed by atoms with van der Waals surface area (Å²) in [5, 5.41) is 3.32. The average molecular weight is 378 g/mol. The van der Waals surface area contributed by atoms with Gasteiger partial charge in [0.15, 0.2) is 0 Å². The van der Waals surface area contributed by atoms with Crippen molar-refractivity contribution in [3.63, 3.8) is 0 Å². The van der Waals surface area contributed by atoms with Crippen LogP contribution < -0.4 is 5.32 Å². The van der Waals surface area contributed by atoms with Crippen LogP contribution in [0.25, 0.3) is 0 Å². The summed E-state index contributed by atoms with van der Waals surface area (Å²) < 4.78 is 0. The van der Waals surface area contributed by atoms with E-state index < -0.39 is 11.8 Å². The monoisotopic (exact) mass is 377 g/mol. The van der Waals surface area contributed by atoms with Gasteiger partial charge in [-0.15, -0.1) is 0 Å². The van der Waals surface area contributed by atoms with Gasteiger partial charge in [0.2, 0.25) is 5.91 Å². The largest absolute Gasteiger partial charge is 0.346 e. The molecule has 6 nitrogen and oxygen atoms in total. The summed E-state index contributed by atoms with van der Waals surface area (Å²) in [4.78, 5) is 40.0. The van der Waals surface area contributed by atoms with Gasteiger partial charge in [-0.25, -0.2) is 0 Å². The Morgan fingerprint density at radius 1 is 1.08 bits per heavy atom. The minimum Gasteiger partial charge on any atom is -0.346 e. The zero-order valence-corrected chi connectivity index (χ0v) is 15.8. The molecule has 1 aliphatic carbocycles. The number of hydrogen-bond donors (Lipinski definition) is 1. The molecule has 0 radical (unpaired) electrons. The first-order valence-electron chi connectivity index (χ1n) is 9.01. The Labute approximate surface area is 158 Å². The van der Waals surface area contributed by atoms with E-state index in [0.29, 0.717) is 31.2 Å². The molecule has 7 heteroatoms. The van der Waals surface area contributed by atoms with Gasteiger partial charge < -0.3 is 15.1 Å². The molecule has 1 saturated heterocycles. The number of hydrogen-bond acceptors (Lipinski definition) is 3. The van der Waals surface area contributed by atoms with Gasteiger partial charge in [-0.3, -0.25) is 14.4 Å². The van der Waals surface area contributed by atoms with Crippen molar-refractivity contribution in [3.05, 3.63) is 34.9 Å². The Balaban J connectivity index is 1.51. The fourth-order valence-corrected chi connectivity index (χ4v) is 3.70. The minimum atomic E-state index is -0.583. The lowest BCUT2D eigenvalue weighted by molar-refractivity contribution is -0.148. The van der Waals surface area contributed by atoms with Crippen LogP contribution in [0, 0.1) is 5.92 Å². The summed E-state index contributed by atoms with van der Waals surface area (Å²) in [6, 6.07) is 7.57. The molecule has 0 spiro atoms. The number of piperazine rings is 1. The molecule has 140 valence electrons. The van der Waals surface area contributed by atoms with Crippen LogP contribution in [0.15, 0.2) is 24.3 Å². The van der Waals surface area contributed by atoms with Crippen molar-refractivity contribution in [1.29, 1.82) is 0 Å². The maximum absolute atomic E-state index is 12.7. The highest BCUT2D eigenvalue weighted by Gasteiger charge is 2.47. The smallest absolute Gasteiger partial charge is 0.312 e. The summed E-state index contributed by atoms with van der Waals surface area (Å²) in [5.41, 5.74) is 1.03. The summed E-state index contributed by atoms with van der Waals surface area (Å²) in [6.45, 7) is 5.33. The molecular formula is C19H24ClN3O3. The predicted molar refractivity (Wildman–Crippen MR) is 98.7 cm³/mol. The van der Waals surface area contributed by atoms with E-state index in [1.807, 2.05) is 38.1 Å². The number of nitrogens with zero attached hydrogens (tertiary/aromatic N) is 2. The Morgan fingerprint density at radius 2 is 1.69 bits per heavy atom. The number of amides is 3. The van der Waals surface area contributed by atoms with Gasteiger partial charge in [0.1, 0.15) is 0 Å². The molecule has 2 fully saturated rings. The fraction of sp³-hybridized carbons (Fsp3) is 0.526. The van der Waals surface area contributed by atoms with Gasteiger partial charge in [0, 0.05) is 43.2 Å². The van der Waals surface area contributed by atoms with Crippen LogP contribution in [-0.4, -0.2) is 59.7 Å². The van der Waals surface area contributed by atoms with Gasteiger partial charge in [-0.1, -0.05) is 29.8 Å². The fourth-order valence-electron chi connectivity index (χ4n) is 3.42. The Hall–Kier alpha value is -2.08. The molecule has 0 aromatic heterocycles. The van der Waals surface area contributed by atoms with Crippen LogP contribution in [-0.2, 0) is 14.4 Å². The van der Waals surface area contributed by atoms with E-state index in [4.69, 9.17) is 11.6 Å². The number of carbonyl (C=O) groups excluding carboxylic acids is 3. The first-order chi connectivity index (χ1) is 12.4. The summed E-state index contributed by atoms with van der Waals surface area (Å²) >= 11 is 6.23. The molecule has 1 N–H and O–H groups in total. The number of benzene rings is 1. The molecule has 1 aromatic carbocycles. The third kappa shape index (κ3) is 4.01. The summed E-state index contributed by atoms with van der Waals surface area (Å²) in [5.74, 6) is -0.824. The second kappa shape index (κ2) is 7.66. The highest BCUT2D eigenvalue weighted by molar-refractivity contribution is 6.35. The normalized spacial score (nSPS) is 22.3. The highest BCUT2D eigenvalue weighted by Crippen LogP contribution is 2.50. The molecule has 1 heterocycles. The number of halogens is 1. The van der Waals surface area contributed by atoms with E-state index in [-0.39, 0.29) is 23.8 Å². The van der Waals surface area contributed by atoms with E-state index in [1.165, 1.54) is 4.90 Å². The van der Waals surface area contributed by atoms with Gasteiger partial charge in [0.05, 0.1) is 0 Å². The van der Waals surface area contributed by atoms with Crippen LogP contribution in [0.1, 0.15) is 31.7 Å². The molecule has 1 aromatic rings. The van der Waals surface area contributed by atoms with E-state index >= 15 is 0 Å². The Morgan fingerprint density at radius 3 is 2.31 bits per heavy atom. The van der Waals surface area contributed by atoms with Gasteiger partial charge in [0.25, 0.3) is 0 Å². The maximum atomic E-state index is 12.7. The molecule has 3 amide bonds. The predicted octanol–water partition coefficient (Wildman–Crippen LogP) is 1.64. The van der Waals surface area contributed by atoms with Crippen LogP contribution in [0.5, 0.6) is 0 Å². The van der Waals surface area contributed by atoms with E-state index in [2.05, 4.69) is 5.32 Å². The lowest BCUT2D eigenvalue weighted by Gasteiger charge is -2.34. The first-order valence-corrected chi connectivity index (χ1v) is 9.39. The van der Waals surface area contributed by atoms with Crippen molar-refractivity contribution in [2.45, 2.75) is 32.2 Å². The molecule has 2 unspecified atom stereocenters. The van der Waals surface area contributed by atoms with Crippen molar-refractivity contribution < 1.29 is 14.4 Å². The Bertz CT molecular complexity index is 714. The molecule has 1 saturated carbocycles. The number of rotatable bonds is 3. The highest BCUT2D eigenvalue weighted by atomic mass is 35.5. The molecular weight excluding hydrogens is 354 g/mol. The standard InChI is InChI=1S/C19H24ClN3O3/c1-12(2)21-17(24)19(26)23-9-7-22(8-10-23)18(25)15-11-14(15)13-5-3-4-6-16(13)20/h3-6,12,14-15H,7-11H2,1-2H3,(H,21,24). The third-order valence-corrected chi connectivity index (χ3v) is 5.25. The van der Waals surface area contributed by atoms with Crippen LogP contribution in [0.4, 0.5) is 0 Å². The molecule has 2 atom stereocenters. The van der Waals surface area contributed by atoms with Gasteiger partial charge in [-0.05, 0) is 37.8 Å². The van der Waals surface area contributed by atoms with Gasteiger partial charge in [-0.2, -0.15) is 0 Å². The molecule has 0 bridgehead atoms. The van der Waals surface area contributed by atoms with Gasteiger partial charge >= 0.3 is 11.8 Å². The molecule has 2 aliphatic rings. The van der Waals surface area contributed by atoms with Crippen LogP contribution in [0.2, 0.25) is 5.02 Å². The van der Waals surface area contributed by atoms with Crippen molar-refractivity contribution >= 4 is 29.3 Å². The quantitative estimate of drug-likeness (QED) is 0.814. The lowest BCUT2D eigenvalue weighted by Crippen LogP contribution is -2.54. The van der Waals surface area contributed by atoms with Crippen molar-refractivity contribution in [1.82, 2.24) is 15.1 Å². The first kappa shape index (κ1) is 18.7. The minimum absolute atomic E-state index is 0.0265. The summed E-state index contributed by atoms with van der Waals surface area (Å²) in [7, 11) is 0. The topological polar surface area (TPSA) is 69.7 Å². The molecule has 3 rings (SSSR count). The van der Waals surface area contributed by atoms with E-state index in [1.54, 1.807) is 4.90 Å². The zero-order chi connectivity index (χ0) is 18.8. The summed E-state index contributed by atoms with van der Waals surface area (Å²) in [6.07, 6.45) is 0.818. The Kier molecular flexibility index (Phi) is 5.51. The molecule has 1 aliphatic heterocycles. The van der Waals surface area contributed by atoms with Crippen LogP contribution in [0.3, 0.4) is 0 Å². The van der Waals surface area contributed by atoms with Crippen molar-refractivity contribution in [3.8, 4) is 0 Å². The average Bonchev–Trinajstić information content (AvgIpc) is 3.41. The zero-order valence-electron chi connectivity index (χ0n) is 15.1. The third-order valence-electron chi connectivity index (χ3n) is 4.90. The van der Waals surface area contributed by atoms with Crippen molar-refractivity contribution in [2.75, 3.05) is 26.2 Å². The SMILES string of the molecule is CC(C)NC(=O)C(=O)N1CCN(C(=O)C2CC2c2ccccc2Cl)CC1. The number of nitrogens with one attached hydrogen (secondary N) is 1. The second-order valence-corrected chi connectivity index (χ2v) is 7.62. The van der Waals surface area contributed by atoms with E-state index in [0.717, 1.165) is 12.0 Å². The van der Waals surface area contributed by atoms with Crippen LogP contribution >= 0.6 is 11.6 Å². The molecule has 26 heavy (non-hydrogen) atoms. The lowest BCUT2D eigenvalue weighted by atomic mass is 10.1. The van der Waals surface area contributed by atoms with Crippen molar-refractivity contribution in [2.24, 2.45) is 5.92 Å². The van der Waals surface area contributed by atoms with E-state index in [9.17, 15) is 14.4 Å². The maximum Gasteiger partial charge on any atom is 0.312 e.